The minimum absolute atomic E-state index is 0.558. The third-order valence-electron chi connectivity index (χ3n) is 4.80. The van der Waals surface area contributed by atoms with Gasteiger partial charge in [-0.2, -0.15) is 0 Å². The standard InChI is InChI=1S/C20H23N5S/c1-15-23-24-20(26-15)25-10-7-19(8-11-25)22-13-16-4-2-5-17(12-16)18-6-3-9-21-14-18/h2-6,9,12,14,19,22H,7-8,10-11,13H2,1H3. The van der Waals surface area contributed by atoms with E-state index in [4.69, 9.17) is 0 Å². The zero-order chi connectivity index (χ0) is 17.8. The minimum atomic E-state index is 0.558. The highest BCUT2D eigenvalue weighted by atomic mass is 32.1. The molecular formula is C20H23N5S. The van der Waals surface area contributed by atoms with Crippen molar-refractivity contribution in [2.45, 2.75) is 32.4 Å². The maximum atomic E-state index is 4.27. The Balaban J connectivity index is 1.31. The lowest BCUT2D eigenvalue weighted by atomic mass is 10.0. The fourth-order valence-corrected chi connectivity index (χ4v) is 4.08. The van der Waals surface area contributed by atoms with Crippen LogP contribution in [0.15, 0.2) is 48.8 Å². The van der Waals surface area contributed by atoms with Gasteiger partial charge in [-0.3, -0.25) is 4.98 Å². The predicted molar refractivity (Wildman–Crippen MR) is 106 cm³/mol. The van der Waals surface area contributed by atoms with Crippen LogP contribution in [-0.4, -0.2) is 34.3 Å². The van der Waals surface area contributed by atoms with Crippen LogP contribution < -0.4 is 10.2 Å². The number of rotatable bonds is 5. The van der Waals surface area contributed by atoms with Gasteiger partial charge >= 0.3 is 0 Å². The molecule has 0 unspecified atom stereocenters. The number of aryl methyl sites for hydroxylation is 1. The molecule has 0 amide bonds. The quantitative estimate of drug-likeness (QED) is 0.748. The Bertz CT molecular complexity index is 840. The van der Waals surface area contributed by atoms with Crippen LogP contribution in [0.5, 0.6) is 0 Å². The van der Waals surface area contributed by atoms with E-state index in [1.165, 1.54) is 11.1 Å². The normalized spacial score (nSPS) is 15.3. The summed E-state index contributed by atoms with van der Waals surface area (Å²) in [7, 11) is 0. The van der Waals surface area contributed by atoms with Gasteiger partial charge in [0.2, 0.25) is 5.13 Å². The van der Waals surface area contributed by atoms with E-state index >= 15 is 0 Å². The molecule has 5 nitrogen and oxygen atoms in total. The summed E-state index contributed by atoms with van der Waals surface area (Å²) < 4.78 is 0. The molecule has 0 spiro atoms. The molecule has 1 fully saturated rings. The van der Waals surface area contributed by atoms with Crippen LogP contribution in [0, 0.1) is 6.92 Å². The lowest BCUT2D eigenvalue weighted by Crippen LogP contribution is -2.42. The fraction of sp³-hybridized carbons (Fsp3) is 0.350. The molecular weight excluding hydrogens is 342 g/mol. The van der Waals surface area contributed by atoms with Crippen molar-refractivity contribution in [3.05, 3.63) is 59.4 Å². The predicted octanol–water partition coefficient (Wildman–Crippen LogP) is 3.67. The molecule has 1 N–H and O–H groups in total. The SMILES string of the molecule is Cc1nnc(N2CCC(NCc3cccc(-c4cccnc4)c3)CC2)s1. The van der Waals surface area contributed by atoms with E-state index in [1.807, 2.05) is 25.4 Å². The summed E-state index contributed by atoms with van der Waals surface area (Å²) in [6.45, 7) is 5.00. The van der Waals surface area contributed by atoms with E-state index in [2.05, 4.69) is 55.7 Å². The van der Waals surface area contributed by atoms with Gasteiger partial charge in [-0.15, -0.1) is 10.2 Å². The highest BCUT2D eigenvalue weighted by Crippen LogP contribution is 2.24. The summed E-state index contributed by atoms with van der Waals surface area (Å²) in [5.41, 5.74) is 3.70. The van der Waals surface area contributed by atoms with E-state index < -0.39 is 0 Å². The van der Waals surface area contributed by atoms with Crippen LogP contribution >= 0.6 is 11.3 Å². The topological polar surface area (TPSA) is 53.9 Å². The molecule has 3 aromatic rings. The first kappa shape index (κ1) is 17.1. The van der Waals surface area contributed by atoms with Crippen molar-refractivity contribution in [2.24, 2.45) is 0 Å². The molecule has 0 aliphatic carbocycles. The number of anilines is 1. The van der Waals surface area contributed by atoms with Crippen LogP contribution in [0.1, 0.15) is 23.4 Å². The van der Waals surface area contributed by atoms with Gasteiger partial charge in [0.25, 0.3) is 0 Å². The highest BCUT2D eigenvalue weighted by molar-refractivity contribution is 7.15. The van der Waals surface area contributed by atoms with Gasteiger partial charge in [0.1, 0.15) is 5.01 Å². The summed E-state index contributed by atoms with van der Waals surface area (Å²) in [4.78, 5) is 6.57. The molecule has 0 bridgehead atoms. The van der Waals surface area contributed by atoms with E-state index in [0.717, 1.165) is 48.2 Å². The summed E-state index contributed by atoms with van der Waals surface area (Å²) in [5.74, 6) is 0. The molecule has 0 radical (unpaired) electrons. The van der Waals surface area contributed by atoms with Gasteiger partial charge in [-0.1, -0.05) is 35.6 Å². The van der Waals surface area contributed by atoms with Crippen molar-refractivity contribution in [1.29, 1.82) is 0 Å². The zero-order valence-electron chi connectivity index (χ0n) is 14.9. The average Bonchev–Trinajstić information content (AvgIpc) is 3.14. The van der Waals surface area contributed by atoms with Crippen LogP contribution in [0.25, 0.3) is 11.1 Å². The first-order chi connectivity index (χ1) is 12.8. The second-order valence-electron chi connectivity index (χ2n) is 6.69. The third kappa shape index (κ3) is 4.08. The molecule has 1 aromatic carbocycles. The van der Waals surface area contributed by atoms with Crippen LogP contribution in [0.4, 0.5) is 5.13 Å². The fourth-order valence-electron chi connectivity index (χ4n) is 3.35. The smallest absolute Gasteiger partial charge is 0.208 e. The summed E-state index contributed by atoms with van der Waals surface area (Å²) >= 11 is 1.68. The summed E-state index contributed by atoms with van der Waals surface area (Å²) in [5, 5.41) is 14.2. The Morgan fingerprint density at radius 2 is 1.96 bits per heavy atom. The van der Waals surface area contributed by atoms with Crippen LogP contribution in [0.2, 0.25) is 0 Å². The van der Waals surface area contributed by atoms with Crippen molar-refractivity contribution in [2.75, 3.05) is 18.0 Å². The molecule has 6 heteroatoms. The highest BCUT2D eigenvalue weighted by Gasteiger charge is 2.21. The molecule has 134 valence electrons. The van der Waals surface area contributed by atoms with E-state index in [1.54, 1.807) is 11.3 Å². The number of benzene rings is 1. The van der Waals surface area contributed by atoms with Gasteiger partial charge < -0.3 is 10.2 Å². The first-order valence-electron chi connectivity index (χ1n) is 9.06. The third-order valence-corrected chi connectivity index (χ3v) is 5.70. The number of hydrogen-bond donors (Lipinski definition) is 1. The Morgan fingerprint density at radius 3 is 2.69 bits per heavy atom. The van der Waals surface area contributed by atoms with E-state index in [9.17, 15) is 0 Å². The number of pyridine rings is 1. The lowest BCUT2D eigenvalue weighted by Gasteiger charge is -2.32. The second-order valence-corrected chi connectivity index (χ2v) is 7.85. The average molecular weight is 366 g/mol. The Labute approximate surface area is 158 Å². The molecule has 1 saturated heterocycles. The summed E-state index contributed by atoms with van der Waals surface area (Å²) in [6, 6.07) is 13.3. The molecule has 1 aliphatic heterocycles. The lowest BCUT2D eigenvalue weighted by molar-refractivity contribution is 0.413. The number of nitrogens with zero attached hydrogens (tertiary/aromatic N) is 4. The van der Waals surface area contributed by atoms with Crippen molar-refractivity contribution in [3.8, 4) is 11.1 Å². The van der Waals surface area contributed by atoms with Gasteiger partial charge in [-0.05, 0) is 48.6 Å². The van der Waals surface area contributed by atoms with Crippen LogP contribution in [0.3, 0.4) is 0 Å². The van der Waals surface area contributed by atoms with Crippen molar-refractivity contribution in [1.82, 2.24) is 20.5 Å². The number of aromatic nitrogens is 3. The Morgan fingerprint density at radius 1 is 1.12 bits per heavy atom. The molecule has 0 atom stereocenters. The molecule has 2 aromatic heterocycles. The van der Waals surface area contributed by atoms with Crippen molar-refractivity contribution < 1.29 is 0 Å². The van der Waals surface area contributed by atoms with Crippen molar-refractivity contribution in [3.63, 3.8) is 0 Å². The van der Waals surface area contributed by atoms with Gasteiger partial charge in [0.15, 0.2) is 0 Å². The van der Waals surface area contributed by atoms with E-state index in [0.29, 0.717) is 6.04 Å². The molecule has 0 saturated carbocycles. The van der Waals surface area contributed by atoms with Crippen molar-refractivity contribution >= 4 is 16.5 Å². The number of hydrogen-bond acceptors (Lipinski definition) is 6. The maximum absolute atomic E-state index is 4.27. The van der Waals surface area contributed by atoms with Gasteiger partial charge in [0.05, 0.1) is 0 Å². The minimum Gasteiger partial charge on any atom is -0.347 e. The second kappa shape index (κ2) is 7.93. The number of nitrogens with one attached hydrogen (secondary N) is 1. The Kier molecular flexibility index (Phi) is 5.22. The maximum Gasteiger partial charge on any atom is 0.208 e. The van der Waals surface area contributed by atoms with E-state index in [-0.39, 0.29) is 0 Å². The monoisotopic (exact) mass is 365 g/mol. The molecule has 3 heterocycles. The number of piperidine rings is 1. The largest absolute Gasteiger partial charge is 0.347 e. The molecule has 1 aliphatic rings. The van der Waals surface area contributed by atoms with Gasteiger partial charge in [-0.25, -0.2) is 0 Å². The summed E-state index contributed by atoms with van der Waals surface area (Å²) in [6.07, 6.45) is 6.00. The first-order valence-corrected chi connectivity index (χ1v) is 9.87. The molecule has 26 heavy (non-hydrogen) atoms. The van der Waals surface area contributed by atoms with Crippen LogP contribution in [-0.2, 0) is 6.54 Å². The Hall–Kier alpha value is -2.31. The molecule has 4 rings (SSSR count). The zero-order valence-corrected chi connectivity index (χ0v) is 15.7. The van der Waals surface area contributed by atoms with Gasteiger partial charge in [0, 0.05) is 38.1 Å².